The topological polar surface area (TPSA) is 124 Å². The van der Waals surface area contributed by atoms with Gasteiger partial charge in [-0.2, -0.15) is 0 Å². The molecular weight excluding hydrogens is 549 g/mol. The second-order valence-electron chi connectivity index (χ2n) is 11.2. The maximum absolute atomic E-state index is 12.3. The van der Waals surface area contributed by atoms with Crippen molar-refractivity contribution in [3.8, 4) is 0 Å². The van der Waals surface area contributed by atoms with Crippen LogP contribution >= 0.6 is 7.82 Å². The molecule has 1 aliphatic heterocycles. The number of ether oxygens (including phenoxy) is 3. The van der Waals surface area contributed by atoms with Crippen LogP contribution in [0, 0.1) is 0 Å². The van der Waals surface area contributed by atoms with E-state index in [1.165, 1.54) is 26.2 Å². The third-order valence-electron chi connectivity index (χ3n) is 6.14. The van der Waals surface area contributed by atoms with E-state index in [1.807, 2.05) is 21.1 Å². The van der Waals surface area contributed by atoms with Crippen molar-refractivity contribution >= 4 is 19.8 Å². The van der Waals surface area contributed by atoms with Crippen molar-refractivity contribution in [1.82, 2.24) is 0 Å². The quantitative estimate of drug-likeness (QED) is 0.0374. The molecule has 0 N–H and O–H groups in total. The fraction of sp³-hybridized carbons (Fsp3) is 0.733. The number of esters is 2. The summed E-state index contributed by atoms with van der Waals surface area (Å²) in [5, 5.41) is 0. The molecular formula is C30H52NO9P. The molecule has 1 saturated heterocycles. The Balaban J connectivity index is 2.24. The van der Waals surface area contributed by atoms with Gasteiger partial charge in [0, 0.05) is 13.3 Å². The molecule has 1 rings (SSSR count). The van der Waals surface area contributed by atoms with Gasteiger partial charge >= 0.3 is 11.9 Å². The Morgan fingerprint density at radius 2 is 1.63 bits per heavy atom. The summed E-state index contributed by atoms with van der Waals surface area (Å²) in [6.07, 6.45) is 21.4. The van der Waals surface area contributed by atoms with Gasteiger partial charge in [0.15, 0.2) is 6.10 Å². The van der Waals surface area contributed by atoms with Crippen molar-refractivity contribution in [3.05, 3.63) is 36.5 Å². The number of quaternary nitrogens is 1. The average molecular weight is 602 g/mol. The Morgan fingerprint density at radius 1 is 0.951 bits per heavy atom. The Labute approximate surface area is 246 Å². The van der Waals surface area contributed by atoms with Crippen molar-refractivity contribution in [2.45, 2.75) is 96.4 Å². The van der Waals surface area contributed by atoms with Gasteiger partial charge in [0.2, 0.25) is 0 Å². The second-order valence-corrected chi connectivity index (χ2v) is 12.6. The Bertz CT molecular complexity index is 882. The minimum atomic E-state index is -4.60. The highest BCUT2D eigenvalue weighted by atomic mass is 31.2. The van der Waals surface area contributed by atoms with Crippen LogP contribution in [0.1, 0.15) is 78.1 Å². The molecule has 41 heavy (non-hydrogen) atoms. The van der Waals surface area contributed by atoms with Crippen LogP contribution in [0.15, 0.2) is 36.5 Å². The number of carbonyl (C=O) groups excluding carboxylic acids is 2. The highest BCUT2D eigenvalue weighted by Crippen LogP contribution is 2.38. The Hall–Kier alpha value is -1.81. The predicted molar refractivity (Wildman–Crippen MR) is 157 cm³/mol. The van der Waals surface area contributed by atoms with E-state index in [1.54, 1.807) is 0 Å². The minimum absolute atomic E-state index is 0.0487. The SMILES string of the molecule is CCCCC/C=C\C/C=C\C/C=C\CC1OC1CCCC(=O)O[C@H](COC(C)=O)COP(=O)([O-])OCC[N+](C)(C)C. The number of rotatable bonds is 24. The number of epoxide rings is 1. The van der Waals surface area contributed by atoms with E-state index in [0.717, 1.165) is 32.1 Å². The van der Waals surface area contributed by atoms with E-state index in [-0.39, 0.29) is 31.8 Å². The first kappa shape index (κ1) is 37.2. The zero-order valence-electron chi connectivity index (χ0n) is 25.7. The number of hydrogen-bond acceptors (Lipinski definition) is 9. The fourth-order valence-electron chi connectivity index (χ4n) is 3.70. The maximum atomic E-state index is 12.3. The summed E-state index contributed by atoms with van der Waals surface area (Å²) >= 11 is 0. The van der Waals surface area contributed by atoms with Crippen LogP contribution in [0.4, 0.5) is 0 Å². The van der Waals surface area contributed by atoms with Gasteiger partial charge in [-0.15, -0.1) is 0 Å². The van der Waals surface area contributed by atoms with E-state index < -0.39 is 32.5 Å². The van der Waals surface area contributed by atoms with E-state index in [9.17, 15) is 19.0 Å². The van der Waals surface area contributed by atoms with Gasteiger partial charge in [-0.1, -0.05) is 56.2 Å². The molecule has 4 atom stereocenters. The molecule has 0 bridgehead atoms. The van der Waals surface area contributed by atoms with Gasteiger partial charge in [0.25, 0.3) is 7.82 Å². The lowest BCUT2D eigenvalue weighted by Crippen LogP contribution is -2.37. The number of phosphoric ester groups is 1. The average Bonchev–Trinajstić information content (AvgIpc) is 3.63. The molecule has 10 nitrogen and oxygen atoms in total. The number of likely N-dealkylation sites (N-methyl/N-ethyl adjacent to an activating group) is 1. The van der Waals surface area contributed by atoms with Crippen LogP contribution in [0.5, 0.6) is 0 Å². The van der Waals surface area contributed by atoms with E-state index in [2.05, 4.69) is 43.4 Å². The summed E-state index contributed by atoms with van der Waals surface area (Å²) in [7, 11) is 1.10. The standard InChI is InChI=1S/C30H52NO9P/c1-6-7-8-9-10-11-12-13-14-15-16-17-19-28-29(40-28)20-18-21-30(33)39-27(24-36-26(2)32)25-38-41(34,35)37-23-22-31(3,4)5/h10-11,13-14,16-17,27-29H,6-9,12,15,18-25H2,1-5H3/b11-10-,14-13-,17-16-/t27-,28?,29?/m1/s1. The maximum Gasteiger partial charge on any atom is 0.306 e. The van der Waals surface area contributed by atoms with Crippen molar-refractivity contribution in [2.75, 3.05) is 47.5 Å². The van der Waals surface area contributed by atoms with Gasteiger partial charge in [0.05, 0.1) is 40.0 Å². The summed E-state index contributed by atoms with van der Waals surface area (Å²) < 4.78 is 38.2. The number of phosphoric acid groups is 1. The van der Waals surface area contributed by atoms with Crippen LogP contribution in [-0.4, -0.2) is 82.2 Å². The van der Waals surface area contributed by atoms with E-state index >= 15 is 0 Å². The van der Waals surface area contributed by atoms with E-state index in [0.29, 0.717) is 17.4 Å². The van der Waals surface area contributed by atoms with Crippen LogP contribution in [0.3, 0.4) is 0 Å². The molecule has 0 saturated carbocycles. The van der Waals surface area contributed by atoms with Crippen LogP contribution in [0.2, 0.25) is 0 Å². The molecule has 1 fully saturated rings. The minimum Gasteiger partial charge on any atom is -0.756 e. The molecule has 236 valence electrons. The van der Waals surface area contributed by atoms with Crippen LogP contribution in [-0.2, 0) is 37.4 Å². The first-order chi connectivity index (χ1) is 19.4. The fourth-order valence-corrected chi connectivity index (χ4v) is 4.43. The number of allylic oxidation sites excluding steroid dienone is 5. The van der Waals surface area contributed by atoms with Gasteiger partial charge in [-0.3, -0.25) is 14.2 Å². The third kappa shape index (κ3) is 22.5. The Kier molecular flexibility index (Phi) is 19.0. The molecule has 0 aliphatic carbocycles. The molecule has 0 aromatic rings. The molecule has 0 spiro atoms. The lowest BCUT2D eigenvalue weighted by molar-refractivity contribution is -0.870. The summed E-state index contributed by atoms with van der Waals surface area (Å²) in [4.78, 5) is 35.5. The number of nitrogens with zero attached hydrogens (tertiary/aromatic N) is 1. The molecule has 0 amide bonds. The predicted octanol–water partition coefficient (Wildman–Crippen LogP) is 5.03. The molecule has 0 aromatic heterocycles. The summed E-state index contributed by atoms with van der Waals surface area (Å²) in [6.45, 7) is 3.01. The monoisotopic (exact) mass is 601 g/mol. The smallest absolute Gasteiger partial charge is 0.306 e. The molecule has 1 aliphatic rings. The summed E-state index contributed by atoms with van der Waals surface area (Å²) in [5.41, 5.74) is 0. The highest BCUT2D eigenvalue weighted by Gasteiger charge is 2.36. The zero-order chi connectivity index (χ0) is 30.6. The largest absolute Gasteiger partial charge is 0.756 e. The van der Waals surface area contributed by atoms with Crippen molar-refractivity contribution < 1.29 is 46.8 Å². The van der Waals surface area contributed by atoms with Crippen molar-refractivity contribution in [3.63, 3.8) is 0 Å². The number of carbonyl (C=O) groups is 2. The van der Waals surface area contributed by atoms with Crippen LogP contribution in [0.25, 0.3) is 0 Å². The van der Waals surface area contributed by atoms with Gasteiger partial charge < -0.3 is 32.6 Å². The van der Waals surface area contributed by atoms with Gasteiger partial charge in [-0.05, 0) is 44.9 Å². The molecule has 11 heteroatoms. The van der Waals surface area contributed by atoms with Gasteiger partial charge in [-0.25, -0.2) is 0 Å². The second kappa shape index (κ2) is 21.0. The van der Waals surface area contributed by atoms with Gasteiger partial charge in [0.1, 0.15) is 19.8 Å². The molecule has 1 heterocycles. The first-order valence-corrected chi connectivity index (χ1v) is 16.2. The normalized spacial score (nSPS) is 19.6. The highest BCUT2D eigenvalue weighted by molar-refractivity contribution is 7.45. The molecule has 0 radical (unpaired) electrons. The summed E-state index contributed by atoms with van der Waals surface area (Å²) in [5.74, 6) is -1.11. The summed E-state index contributed by atoms with van der Waals surface area (Å²) in [6, 6.07) is 0. The molecule has 0 aromatic carbocycles. The van der Waals surface area contributed by atoms with Crippen molar-refractivity contribution in [2.24, 2.45) is 0 Å². The zero-order valence-corrected chi connectivity index (χ0v) is 26.6. The van der Waals surface area contributed by atoms with E-state index in [4.69, 9.17) is 23.3 Å². The number of unbranched alkanes of at least 4 members (excludes halogenated alkanes) is 3. The lowest BCUT2D eigenvalue weighted by Gasteiger charge is -2.28. The number of hydrogen-bond donors (Lipinski definition) is 0. The van der Waals surface area contributed by atoms with Crippen LogP contribution < -0.4 is 4.89 Å². The lowest BCUT2D eigenvalue weighted by atomic mass is 10.1. The third-order valence-corrected chi connectivity index (χ3v) is 7.11. The molecule has 3 unspecified atom stereocenters. The first-order valence-electron chi connectivity index (χ1n) is 14.8. The Morgan fingerprint density at radius 3 is 2.29 bits per heavy atom. The van der Waals surface area contributed by atoms with Crippen molar-refractivity contribution in [1.29, 1.82) is 0 Å².